The van der Waals surface area contributed by atoms with Crippen LogP contribution in [0, 0.1) is 0 Å². The summed E-state index contributed by atoms with van der Waals surface area (Å²) < 4.78 is 22.9. The zero-order valence-corrected chi connectivity index (χ0v) is 53.3. The molecule has 9 heteroatoms. The second-order valence-corrected chi connectivity index (χ2v) is 22.3. The Morgan fingerprint density at radius 1 is 0.373 bits per heavy atom. The number of rotatable bonds is 58. The Hall–Kier alpha value is -5.09. The Kier molecular flexibility index (Phi) is 59.1. The highest BCUT2D eigenvalue weighted by molar-refractivity contribution is 5.71. The number of esters is 2. The summed E-state index contributed by atoms with van der Waals surface area (Å²) in [7, 11) is 5.95. The van der Waals surface area contributed by atoms with Crippen LogP contribution < -0.4 is 0 Å². The number of aliphatic carboxylic acids is 1. The molecule has 2 atom stereocenters. The topological polar surface area (TPSA) is 108 Å². The molecule has 1 N–H and O–H groups in total. The number of carbonyl (C=O) groups excluding carboxylic acids is 2. The summed E-state index contributed by atoms with van der Waals surface area (Å²) >= 11 is 0. The molecule has 0 aromatic carbocycles. The van der Waals surface area contributed by atoms with Crippen molar-refractivity contribution in [3.63, 3.8) is 0 Å². The maximum absolute atomic E-state index is 12.9. The van der Waals surface area contributed by atoms with Crippen LogP contribution in [0.15, 0.2) is 158 Å². The third-order valence-electron chi connectivity index (χ3n) is 13.3. The largest absolute Gasteiger partial charge is 0.477 e. The van der Waals surface area contributed by atoms with E-state index in [1.165, 1.54) is 64.2 Å². The summed E-state index contributed by atoms with van der Waals surface area (Å²) in [6, 6.07) is 0. The second-order valence-electron chi connectivity index (χ2n) is 22.3. The highest BCUT2D eigenvalue weighted by atomic mass is 16.7. The fourth-order valence-electron chi connectivity index (χ4n) is 8.28. The lowest BCUT2D eigenvalue weighted by Crippen LogP contribution is -2.40. The summed E-state index contributed by atoms with van der Waals surface area (Å²) in [5.74, 6) is -2.05. The Morgan fingerprint density at radius 2 is 0.687 bits per heavy atom. The summed E-state index contributed by atoms with van der Waals surface area (Å²) in [4.78, 5) is 37.5. The molecule has 468 valence electrons. The smallest absolute Gasteiger partial charge is 0.361 e. The molecule has 0 aromatic heterocycles. The van der Waals surface area contributed by atoms with Crippen molar-refractivity contribution in [1.82, 2.24) is 0 Å². The van der Waals surface area contributed by atoms with E-state index in [-0.39, 0.29) is 38.6 Å². The fourth-order valence-corrected chi connectivity index (χ4v) is 8.28. The number of hydrogen-bond acceptors (Lipinski definition) is 7. The molecule has 0 bridgehead atoms. The van der Waals surface area contributed by atoms with Crippen molar-refractivity contribution in [2.75, 3.05) is 47.5 Å². The first-order valence-electron chi connectivity index (χ1n) is 32.6. The molecule has 0 aromatic rings. The molecule has 0 radical (unpaired) electrons. The maximum Gasteiger partial charge on any atom is 0.361 e. The van der Waals surface area contributed by atoms with E-state index in [0.29, 0.717) is 17.4 Å². The summed E-state index contributed by atoms with van der Waals surface area (Å²) in [5, 5.41) is 9.72. The summed E-state index contributed by atoms with van der Waals surface area (Å²) in [6.07, 6.45) is 90.5. The molecule has 83 heavy (non-hydrogen) atoms. The molecule has 0 aliphatic carbocycles. The highest BCUT2D eigenvalue weighted by Crippen LogP contribution is 2.14. The number of unbranched alkanes of at least 4 members (excludes halogenated alkanes) is 17. The quantitative estimate of drug-likeness (QED) is 0.0211. The molecule has 0 rings (SSSR count). The molecule has 0 aliphatic rings. The van der Waals surface area contributed by atoms with Gasteiger partial charge in [-0.3, -0.25) is 9.59 Å². The average Bonchev–Trinajstić information content (AvgIpc) is 3.46. The summed E-state index contributed by atoms with van der Waals surface area (Å²) in [6.45, 7) is 4.70. The third kappa shape index (κ3) is 64.3. The Morgan fingerprint density at radius 3 is 1.02 bits per heavy atom. The highest BCUT2D eigenvalue weighted by Gasteiger charge is 2.25. The molecular weight excluding hydrogens is 1030 g/mol. The normalized spacial score (nSPS) is 13.8. The van der Waals surface area contributed by atoms with Crippen LogP contribution in [0.1, 0.15) is 232 Å². The van der Waals surface area contributed by atoms with E-state index in [1.54, 1.807) is 0 Å². The van der Waals surface area contributed by atoms with Gasteiger partial charge in [-0.25, -0.2) is 4.79 Å². The van der Waals surface area contributed by atoms with Crippen LogP contribution in [0.25, 0.3) is 0 Å². The van der Waals surface area contributed by atoms with Gasteiger partial charge in [-0.15, -0.1) is 0 Å². The minimum absolute atomic E-state index is 0.176. The number of hydrogen-bond donors (Lipinski definition) is 1. The second kappa shape index (κ2) is 62.9. The van der Waals surface area contributed by atoms with Crippen molar-refractivity contribution >= 4 is 17.9 Å². The zero-order valence-electron chi connectivity index (χ0n) is 53.3. The number of carboxylic acids is 1. The van der Waals surface area contributed by atoms with Crippen LogP contribution >= 0.6 is 0 Å². The van der Waals surface area contributed by atoms with Crippen LogP contribution in [0.4, 0.5) is 0 Å². The molecule has 2 unspecified atom stereocenters. The van der Waals surface area contributed by atoms with E-state index < -0.39 is 24.3 Å². The van der Waals surface area contributed by atoms with Gasteiger partial charge >= 0.3 is 17.9 Å². The number of ether oxygens (including phenoxy) is 4. The van der Waals surface area contributed by atoms with Crippen molar-refractivity contribution in [2.45, 2.75) is 245 Å². The van der Waals surface area contributed by atoms with E-state index in [1.807, 2.05) is 21.1 Å². The van der Waals surface area contributed by atoms with E-state index in [9.17, 15) is 19.5 Å². The van der Waals surface area contributed by atoms with Crippen LogP contribution in [0.5, 0.6) is 0 Å². The van der Waals surface area contributed by atoms with E-state index >= 15 is 0 Å². The van der Waals surface area contributed by atoms with Crippen molar-refractivity contribution in [2.24, 2.45) is 0 Å². The lowest BCUT2D eigenvalue weighted by molar-refractivity contribution is -0.870. The standard InChI is InChI=1S/C74H119NO8/c1-6-8-10-12-14-16-18-20-22-24-25-26-27-28-29-30-31-32-33-34-35-36-37-38-39-40-41-42-43-44-45-46-47-49-51-53-55-57-59-61-63-65-72(77)83-70(69-82-74(73(78)79)80-67-66-75(3,4)5)68-81-71(76)64-62-60-58-56-54-52-50-48-23-21-19-17-15-13-11-9-7-2/h8,10,14-17,20-23,25-26,28-29,31-32,34-35,37-38,40-41,43-44,46-47,70,74H,6-7,9,11-13,18-19,24,27,30,33,36,39,42,45,48-69H2,1-5H3/p+1/b10-8-,16-14-,17-15-,22-20-,23-21-,26-25-,29-28-,32-31-,35-34-,38-37-,41-40-,44-43-,47-46-. The fraction of sp³-hybridized carbons (Fsp3) is 0.608. The molecular formula is C74H120NO8+. The molecule has 0 spiro atoms. The molecule has 0 saturated carbocycles. The predicted molar refractivity (Wildman–Crippen MR) is 354 cm³/mol. The minimum Gasteiger partial charge on any atom is -0.477 e. The lowest BCUT2D eigenvalue weighted by atomic mass is 10.1. The number of nitrogens with zero attached hydrogens (tertiary/aromatic N) is 1. The van der Waals surface area contributed by atoms with Gasteiger partial charge < -0.3 is 28.5 Å². The van der Waals surface area contributed by atoms with Gasteiger partial charge in [0.05, 0.1) is 34.4 Å². The first kappa shape index (κ1) is 77.9. The lowest BCUT2D eigenvalue weighted by Gasteiger charge is -2.25. The van der Waals surface area contributed by atoms with Gasteiger partial charge in [-0.2, -0.15) is 0 Å². The minimum atomic E-state index is -1.52. The average molecular weight is 1150 g/mol. The van der Waals surface area contributed by atoms with Crippen LogP contribution in [-0.2, 0) is 33.3 Å². The van der Waals surface area contributed by atoms with Crippen LogP contribution in [0.2, 0.25) is 0 Å². The van der Waals surface area contributed by atoms with Crippen molar-refractivity contribution in [3.05, 3.63) is 158 Å². The maximum atomic E-state index is 12.9. The van der Waals surface area contributed by atoms with Gasteiger partial charge in [0.15, 0.2) is 6.10 Å². The number of carboxylic acid groups (broad SMARTS) is 1. The summed E-state index contributed by atoms with van der Waals surface area (Å²) in [5.41, 5.74) is 0. The molecule has 9 nitrogen and oxygen atoms in total. The predicted octanol–water partition coefficient (Wildman–Crippen LogP) is 20.1. The van der Waals surface area contributed by atoms with E-state index in [4.69, 9.17) is 18.9 Å². The first-order chi connectivity index (χ1) is 40.6. The Balaban J connectivity index is 4.21. The van der Waals surface area contributed by atoms with Gasteiger partial charge in [0, 0.05) is 12.8 Å². The zero-order chi connectivity index (χ0) is 60.5. The number of likely N-dealkylation sites (N-methyl/N-ethyl adjacent to an activating group) is 1. The molecule has 0 saturated heterocycles. The SMILES string of the molecule is CC/C=C\C/C=C\C/C=C\C/C=C\C/C=C\C/C=C\C/C=C\C/C=C\C/C=C\C/C=C\C/C=C\CCCCCCCCCC(=O)OC(COC(=O)CCCCCCCCC/C=C\C/C=C\CCCCC)COC(OCC[N+](C)(C)C)C(=O)O. The number of carbonyl (C=O) groups is 3. The molecule has 0 heterocycles. The van der Waals surface area contributed by atoms with Gasteiger partial charge in [-0.05, 0) is 128 Å². The van der Waals surface area contributed by atoms with Gasteiger partial charge in [0.25, 0.3) is 6.29 Å². The molecule has 0 fully saturated rings. The Labute approximate surface area is 508 Å². The van der Waals surface area contributed by atoms with E-state index in [0.717, 1.165) is 135 Å². The van der Waals surface area contributed by atoms with E-state index in [2.05, 4.69) is 172 Å². The van der Waals surface area contributed by atoms with Gasteiger partial charge in [-0.1, -0.05) is 249 Å². The van der Waals surface area contributed by atoms with Gasteiger partial charge in [0.1, 0.15) is 13.2 Å². The van der Waals surface area contributed by atoms with Crippen LogP contribution in [-0.4, -0.2) is 87.4 Å². The van der Waals surface area contributed by atoms with Crippen LogP contribution in [0.3, 0.4) is 0 Å². The molecule has 0 aliphatic heterocycles. The Bertz CT molecular complexity index is 1920. The molecule has 0 amide bonds. The van der Waals surface area contributed by atoms with Gasteiger partial charge in [0.2, 0.25) is 0 Å². The van der Waals surface area contributed by atoms with Crippen molar-refractivity contribution in [1.29, 1.82) is 0 Å². The number of quaternary nitrogens is 1. The van der Waals surface area contributed by atoms with Crippen molar-refractivity contribution < 1.29 is 42.9 Å². The first-order valence-corrected chi connectivity index (χ1v) is 32.6. The number of allylic oxidation sites excluding steroid dienone is 26. The monoisotopic (exact) mass is 1150 g/mol. The third-order valence-corrected chi connectivity index (χ3v) is 13.3. The van der Waals surface area contributed by atoms with Crippen molar-refractivity contribution in [3.8, 4) is 0 Å².